The molecule has 0 aromatic carbocycles. The Morgan fingerprint density at radius 1 is 0.953 bits per heavy atom. The summed E-state index contributed by atoms with van der Waals surface area (Å²) in [6.07, 6.45) is 19.0. The Hall–Kier alpha value is -1.18. The van der Waals surface area contributed by atoms with E-state index in [0.29, 0.717) is 22.2 Å². The maximum Gasteiger partial charge on any atom is 0.157 e. The van der Waals surface area contributed by atoms with Crippen LogP contribution in [0.4, 0.5) is 0 Å². The Balaban J connectivity index is 0.000000798. The standard InChI is InChI=1S/C34H53NO3.C3H6.C2H6/c1-6-34-16-13-25-30(3,17-18-31(4)23(2)29(36)24(21-35)20-32(25,31)5)26(34)12-15-33(14-9-10-27(33)34)22-38-28-11-7-8-19-37-28;1-3-2;1-2/h23-28H,6-20,22H2,1-5H3;3H,1H2,2H3;1-2H3. The van der Waals surface area contributed by atoms with Crippen LogP contribution in [-0.2, 0) is 14.3 Å². The van der Waals surface area contributed by atoms with Gasteiger partial charge in [0.1, 0.15) is 5.92 Å². The van der Waals surface area contributed by atoms with Gasteiger partial charge in [0, 0.05) is 12.5 Å². The number of rotatable bonds is 4. The normalized spacial score (nSPS) is 48.4. The summed E-state index contributed by atoms with van der Waals surface area (Å²) in [5, 5.41) is 9.98. The molecule has 0 aromatic rings. The molecule has 0 amide bonds. The number of fused-ring (bicyclic) bond motifs is 7. The highest BCUT2D eigenvalue weighted by atomic mass is 16.7. The van der Waals surface area contributed by atoms with Gasteiger partial charge in [0.25, 0.3) is 0 Å². The van der Waals surface area contributed by atoms with Crippen molar-refractivity contribution in [1.29, 1.82) is 5.26 Å². The van der Waals surface area contributed by atoms with Crippen molar-refractivity contribution in [2.45, 2.75) is 152 Å². The van der Waals surface area contributed by atoms with E-state index in [1.165, 1.54) is 70.6 Å². The molecule has 6 aliphatic rings. The largest absolute Gasteiger partial charge is 0.353 e. The second-order valence-corrected chi connectivity index (χ2v) is 15.9. The fourth-order valence-electron chi connectivity index (χ4n) is 12.6. The van der Waals surface area contributed by atoms with Crippen molar-refractivity contribution in [3.05, 3.63) is 12.7 Å². The fourth-order valence-corrected chi connectivity index (χ4v) is 12.6. The van der Waals surface area contributed by atoms with E-state index in [4.69, 9.17) is 9.47 Å². The zero-order chi connectivity index (χ0) is 31.7. The highest BCUT2D eigenvalue weighted by Gasteiger charge is 2.71. The van der Waals surface area contributed by atoms with Crippen LogP contribution in [0.1, 0.15) is 145 Å². The van der Waals surface area contributed by atoms with Crippen LogP contribution in [0.5, 0.6) is 0 Å². The van der Waals surface area contributed by atoms with Crippen LogP contribution in [0.25, 0.3) is 0 Å². The smallest absolute Gasteiger partial charge is 0.157 e. The lowest BCUT2D eigenvalue weighted by Gasteiger charge is -2.73. The summed E-state index contributed by atoms with van der Waals surface area (Å²) in [5.41, 5.74) is 1.10. The minimum Gasteiger partial charge on any atom is -0.353 e. The molecule has 5 aliphatic carbocycles. The van der Waals surface area contributed by atoms with E-state index < -0.39 is 5.92 Å². The fraction of sp³-hybridized carbons (Fsp3) is 0.897. The molecule has 4 heteroatoms. The van der Waals surface area contributed by atoms with Crippen molar-refractivity contribution in [3.63, 3.8) is 0 Å². The molecular weight excluding hydrogens is 530 g/mol. The first-order valence-electron chi connectivity index (χ1n) is 18.3. The number of nitrogens with zero attached hydrogens (tertiary/aromatic N) is 1. The zero-order valence-corrected chi connectivity index (χ0v) is 29.2. The van der Waals surface area contributed by atoms with Crippen molar-refractivity contribution >= 4 is 5.78 Å². The maximum atomic E-state index is 13.2. The minimum absolute atomic E-state index is 0.00739. The first-order valence-corrected chi connectivity index (χ1v) is 18.3. The predicted molar refractivity (Wildman–Crippen MR) is 176 cm³/mol. The molecule has 6 rings (SSSR count). The Labute approximate surface area is 265 Å². The number of ether oxygens (including phenoxy) is 2. The summed E-state index contributed by atoms with van der Waals surface area (Å²) in [6.45, 7) is 23.2. The van der Waals surface area contributed by atoms with Crippen molar-refractivity contribution < 1.29 is 14.3 Å². The van der Waals surface area contributed by atoms with E-state index in [1.54, 1.807) is 6.08 Å². The molecule has 4 nitrogen and oxygen atoms in total. The highest BCUT2D eigenvalue weighted by Crippen LogP contribution is 2.78. The van der Waals surface area contributed by atoms with Crippen molar-refractivity contribution in [2.75, 3.05) is 13.2 Å². The molecule has 244 valence electrons. The first-order chi connectivity index (χ1) is 20.5. The Morgan fingerprint density at radius 3 is 2.28 bits per heavy atom. The molecule has 0 N–H and O–H groups in total. The molecule has 43 heavy (non-hydrogen) atoms. The maximum absolute atomic E-state index is 13.2. The van der Waals surface area contributed by atoms with Gasteiger partial charge in [-0.2, -0.15) is 5.26 Å². The number of Topliss-reactive ketones (excluding diaryl/α,β-unsaturated/α-hetero) is 1. The SMILES string of the molecule is C=CC.CC.CCC12CCC3C(C)(CCC4(C)C(C)C(=O)C(C#N)CC34C)C1CCC1(COC3CCCCO3)CCCC12. The number of hydrogen-bond acceptors (Lipinski definition) is 4. The van der Waals surface area contributed by atoms with E-state index in [-0.39, 0.29) is 28.8 Å². The monoisotopic (exact) mass is 595 g/mol. The quantitative estimate of drug-likeness (QED) is 0.303. The van der Waals surface area contributed by atoms with Crippen LogP contribution < -0.4 is 0 Å². The molecule has 0 spiro atoms. The van der Waals surface area contributed by atoms with Crippen molar-refractivity contribution in [3.8, 4) is 6.07 Å². The van der Waals surface area contributed by atoms with Crippen LogP contribution in [0.15, 0.2) is 12.7 Å². The van der Waals surface area contributed by atoms with Crippen LogP contribution in [0, 0.1) is 68.0 Å². The molecule has 0 aromatic heterocycles. The van der Waals surface area contributed by atoms with E-state index in [0.717, 1.165) is 44.3 Å². The third kappa shape index (κ3) is 5.29. The minimum atomic E-state index is -0.420. The lowest BCUT2D eigenvalue weighted by Crippen LogP contribution is -2.67. The number of hydrogen-bond donors (Lipinski definition) is 0. The van der Waals surface area contributed by atoms with Gasteiger partial charge in [-0.1, -0.05) is 61.0 Å². The van der Waals surface area contributed by atoms with Crippen molar-refractivity contribution in [2.24, 2.45) is 56.7 Å². The van der Waals surface area contributed by atoms with Crippen LogP contribution in [0.2, 0.25) is 0 Å². The molecule has 1 heterocycles. The molecule has 0 bridgehead atoms. The average molecular weight is 596 g/mol. The lowest BCUT2D eigenvalue weighted by atomic mass is 9.31. The summed E-state index contributed by atoms with van der Waals surface area (Å²) < 4.78 is 12.6. The highest BCUT2D eigenvalue weighted by molar-refractivity contribution is 5.87. The number of carbonyl (C=O) groups excluding carboxylic acids is 1. The van der Waals surface area contributed by atoms with E-state index in [2.05, 4.69) is 47.3 Å². The summed E-state index contributed by atoms with van der Waals surface area (Å²) in [7, 11) is 0. The van der Waals surface area contributed by atoms with Gasteiger partial charge in [0.15, 0.2) is 12.1 Å². The lowest BCUT2D eigenvalue weighted by molar-refractivity contribution is -0.253. The topological polar surface area (TPSA) is 59.3 Å². The molecule has 5 saturated carbocycles. The second kappa shape index (κ2) is 13.3. The second-order valence-electron chi connectivity index (χ2n) is 15.9. The van der Waals surface area contributed by atoms with Gasteiger partial charge in [-0.15, -0.1) is 6.58 Å². The summed E-state index contributed by atoms with van der Waals surface area (Å²) in [5.74, 6) is 1.89. The summed E-state index contributed by atoms with van der Waals surface area (Å²) >= 11 is 0. The van der Waals surface area contributed by atoms with E-state index >= 15 is 0 Å². The molecule has 11 atom stereocenters. The van der Waals surface area contributed by atoms with Crippen LogP contribution >= 0.6 is 0 Å². The van der Waals surface area contributed by atoms with Gasteiger partial charge in [-0.05, 0) is 135 Å². The summed E-state index contributed by atoms with van der Waals surface area (Å²) in [4.78, 5) is 13.2. The van der Waals surface area contributed by atoms with E-state index in [9.17, 15) is 10.1 Å². The van der Waals surface area contributed by atoms with Crippen LogP contribution in [0.3, 0.4) is 0 Å². The molecular formula is C39H65NO3. The van der Waals surface area contributed by atoms with E-state index in [1.807, 2.05) is 20.8 Å². The van der Waals surface area contributed by atoms with Gasteiger partial charge >= 0.3 is 0 Å². The molecule has 1 aliphatic heterocycles. The zero-order valence-electron chi connectivity index (χ0n) is 29.2. The Bertz CT molecular complexity index is 1030. The van der Waals surface area contributed by atoms with Crippen LogP contribution in [-0.4, -0.2) is 25.3 Å². The van der Waals surface area contributed by atoms with Crippen molar-refractivity contribution in [1.82, 2.24) is 0 Å². The Morgan fingerprint density at radius 2 is 1.65 bits per heavy atom. The predicted octanol–water partition coefficient (Wildman–Crippen LogP) is 10.3. The average Bonchev–Trinajstić information content (AvgIpc) is 3.47. The van der Waals surface area contributed by atoms with Gasteiger partial charge in [0.2, 0.25) is 0 Å². The number of nitriles is 1. The number of carbonyl (C=O) groups is 1. The molecule has 6 fully saturated rings. The molecule has 11 unspecified atom stereocenters. The van der Waals surface area contributed by atoms with Gasteiger partial charge < -0.3 is 9.47 Å². The summed E-state index contributed by atoms with van der Waals surface area (Å²) in [6, 6.07) is 2.45. The Kier molecular flexibility index (Phi) is 10.7. The third-order valence-corrected chi connectivity index (χ3v) is 14.8. The van der Waals surface area contributed by atoms with Gasteiger partial charge in [0.05, 0.1) is 12.7 Å². The molecule has 0 radical (unpaired) electrons. The number of ketones is 1. The molecule has 1 saturated heterocycles. The number of allylic oxidation sites excluding steroid dienone is 1. The first kappa shape index (κ1) is 34.7. The third-order valence-electron chi connectivity index (χ3n) is 14.8. The van der Waals surface area contributed by atoms with Gasteiger partial charge in [-0.25, -0.2) is 0 Å². The van der Waals surface area contributed by atoms with Gasteiger partial charge in [-0.3, -0.25) is 4.79 Å².